The Kier molecular flexibility index (Phi) is 4.11. The third kappa shape index (κ3) is 4.32. The van der Waals surface area contributed by atoms with Gasteiger partial charge in [-0.3, -0.25) is 5.32 Å². The number of carbonyl (C=O) groups is 1. The van der Waals surface area contributed by atoms with Crippen molar-refractivity contribution in [2.24, 2.45) is 0 Å². The Morgan fingerprint density at radius 2 is 1.76 bits per heavy atom. The summed E-state index contributed by atoms with van der Waals surface area (Å²) in [6.45, 7) is 5.32. The number of hydrogen-bond acceptors (Lipinski definition) is 3. The quantitative estimate of drug-likeness (QED) is 0.764. The number of nitrogens with two attached hydrogens (primary N) is 1. The van der Waals surface area contributed by atoms with Gasteiger partial charge in [0.05, 0.1) is 15.7 Å². The van der Waals surface area contributed by atoms with E-state index in [1.165, 1.54) is 12.1 Å². The maximum absolute atomic E-state index is 11.5. The van der Waals surface area contributed by atoms with E-state index in [1.807, 2.05) is 0 Å². The van der Waals surface area contributed by atoms with Crippen LogP contribution in [-0.4, -0.2) is 11.7 Å². The number of halogens is 2. The van der Waals surface area contributed by atoms with E-state index >= 15 is 0 Å². The topological polar surface area (TPSA) is 64.3 Å². The molecule has 0 fully saturated rings. The molecule has 1 aromatic rings. The van der Waals surface area contributed by atoms with E-state index < -0.39 is 11.7 Å². The number of amides is 1. The molecule has 0 aliphatic carbocycles. The van der Waals surface area contributed by atoms with Crippen molar-refractivity contribution in [3.63, 3.8) is 0 Å². The van der Waals surface area contributed by atoms with Crippen molar-refractivity contribution >= 4 is 40.7 Å². The number of ether oxygens (including phenoxy) is 1. The number of benzene rings is 1. The molecule has 0 saturated carbocycles. The van der Waals surface area contributed by atoms with Gasteiger partial charge in [-0.15, -0.1) is 0 Å². The lowest BCUT2D eigenvalue weighted by Gasteiger charge is -2.19. The maximum atomic E-state index is 11.5. The second-order valence-electron chi connectivity index (χ2n) is 4.48. The molecule has 0 radical (unpaired) electrons. The van der Waals surface area contributed by atoms with Crippen molar-refractivity contribution in [1.29, 1.82) is 0 Å². The summed E-state index contributed by atoms with van der Waals surface area (Å²) < 4.78 is 5.08. The lowest BCUT2D eigenvalue weighted by Crippen LogP contribution is -2.27. The molecule has 94 valence electrons. The molecule has 0 saturated heterocycles. The van der Waals surface area contributed by atoms with E-state index in [-0.39, 0.29) is 15.7 Å². The lowest BCUT2D eigenvalue weighted by molar-refractivity contribution is 0.0636. The van der Waals surface area contributed by atoms with Crippen LogP contribution in [0.5, 0.6) is 0 Å². The van der Waals surface area contributed by atoms with Gasteiger partial charge in [0.2, 0.25) is 0 Å². The van der Waals surface area contributed by atoms with Crippen LogP contribution in [0.15, 0.2) is 12.1 Å². The fourth-order valence-electron chi connectivity index (χ4n) is 1.08. The van der Waals surface area contributed by atoms with Crippen LogP contribution in [0, 0.1) is 0 Å². The van der Waals surface area contributed by atoms with E-state index in [1.54, 1.807) is 20.8 Å². The lowest BCUT2D eigenvalue weighted by atomic mass is 10.2. The zero-order valence-corrected chi connectivity index (χ0v) is 11.3. The Morgan fingerprint density at radius 3 is 2.18 bits per heavy atom. The minimum absolute atomic E-state index is 0.281. The highest BCUT2D eigenvalue weighted by Gasteiger charge is 2.16. The van der Waals surface area contributed by atoms with E-state index in [4.69, 9.17) is 33.7 Å². The number of nitrogens with one attached hydrogen (secondary N) is 1. The Balaban J connectivity index is 2.79. The Morgan fingerprint density at radius 1 is 1.29 bits per heavy atom. The van der Waals surface area contributed by atoms with Crippen molar-refractivity contribution in [3.05, 3.63) is 22.2 Å². The fraction of sp³-hybridized carbons (Fsp3) is 0.364. The summed E-state index contributed by atoms with van der Waals surface area (Å²) in [5.41, 5.74) is 5.73. The van der Waals surface area contributed by atoms with Gasteiger partial charge in [0.1, 0.15) is 5.60 Å². The standard InChI is InChI=1S/C11H14Cl2N2O2/c1-11(2,3)17-10(16)15-6-4-7(12)9(14)8(13)5-6/h4-5H,14H2,1-3H3,(H,15,16). The van der Waals surface area contributed by atoms with Gasteiger partial charge in [-0.1, -0.05) is 23.2 Å². The van der Waals surface area contributed by atoms with Gasteiger partial charge in [0.15, 0.2) is 0 Å². The Hall–Kier alpha value is -1.13. The van der Waals surface area contributed by atoms with Crippen molar-refractivity contribution < 1.29 is 9.53 Å². The third-order valence-corrected chi connectivity index (χ3v) is 2.35. The van der Waals surface area contributed by atoms with Gasteiger partial charge < -0.3 is 10.5 Å². The number of carbonyl (C=O) groups excluding carboxylic acids is 1. The summed E-state index contributed by atoms with van der Waals surface area (Å²) in [5, 5.41) is 3.08. The molecule has 0 spiro atoms. The van der Waals surface area contributed by atoms with Crippen LogP contribution in [0.1, 0.15) is 20.8 Å². The number of rotatable bonds is 1. The zero-order valence-electron chi connectivity index (χ0n) is 9.80. The van der Waals surface area contributed by atoms with Crippen molar-refractivity contribution in [2.45, 2.75) is 26.4 Å². The molecule has 0 bridgehead atoms. The average molecular weight is 277 g/mol. The highest BCUT2D eigenvalue weighted by atomic mass is 35.5. The van der Waals surface area contributed by atoms with Crippen LogP contribution in [0.4, 0.5) is 16.2 Å². The third-order valence-electron chi connectivity index (χ3n) is 1.72. The van der Waals surface area contributed by atoms with E-state index in [2.05, 4.69) is 5.32 Å². The Bertz CT molecular complexity index is 419. The van der Waals surface area contributed by atoms with Gasteiger partial charge in [-0.2, -0.15) is 0 Å². The second kappa shape index (κ2) is 5.02. The first kappa shape index (κ1) is 13.9. The first-order chi connectivity index (χ1) is 7.69. The molecule has 4 nitrogen and oxygen atoms in total. The number of anilines is 2. The van der Waals surface area contributed by atoms with Gasteiger partial charge in [-0.25, -0.2) is 4.79 Å². The molecule has 3 N–H and O–H groups in total. The molecular formula is C11H14Cl2N2O2. The first-order valence-electron chi connectivity index (χ1n) is 4.93. The van der Waals surface area contributed by atoms with Gasteiger partial charge in [0, 0.05) is 5.69 Å². The molecule has 0 aliphatic rings. The van der Waals surface area contributed by atoms with Crippen molar-refractivity contribution in [3.8, 4) is 0 Å². The van der Waals surface area contributed by atoms with E-state index in [0.29, 0.717) is 5.69 Å². The molecule has 0 atom stereocenters. The minimum atomic E-state index is -0.575. The molecule has 17 heavy (non-hydrogen) atoms. The van der Waals surface area contributed by atoms with Crippen molar-refractivity contribution in [2.75, 3.05) is 11.1 Å². The summed E-state index contributed by atoms with van der Waals surface area (Å²) in [6.07, 6.45) is -0.575. The summed E-state index contributed by atoms with van der Waals surface area (Å²) >= 11 is 11.7. The monoisotopic (exact) mass is 276 g/mol. The number of hydrogen-bond donors (Lipinski definition) is 2. The van der Waals surface area contributed by atoms with E-state index in [0.717, 1.165) is 0 Å². The molecular weight excluding hydrogens is 263 g/mol. The summed E-state index contributed by atoms with van der Waals surface area (Å²) in [5.74, 6) is 0. The first-order valence-corrected chi connectivity index (χ1v) is 5.69. The molecule has 0 aliphatic heterocycles. The van der Waals surface area contributed by atoms with Crippen LogP contribution in [0.2, 0.25) is 10.0 Å². The van der Waals surface area contributed by atoms with Crippen LogP contribution in [0.3, 0.4) is 0 Å². The SMILES string of the molecule is CC(C)(C)OC(=O)Nc1cc(Cl)c(N)c(Cl)c1. The predicted molar refractivity (Wildman–Crippen MR) is 70.7 cm³/mol. The molecule has 1 aromatic carbocycles. The fourth-order valence-corrected chi connectivity index (χ4v) is 1.56. The average Bonchev–Trinajstić information content (AvgIpc) is 2.10. The van der Waals surface area contributed by atoms with Gasteiger partial charge in [0.25, 0.3) is 0 Å². The zero-order chi connectivity index (χ0) is 13.2. The van der Waals surface area contributed by atoms with Gasteiger partial charge >= 0.3 is 6.09 Å². The van der Waals surface area contributed by atoms with E-state index in [9.17, 15) is 4.79 Å². The summed E-state index contributed by atoms with van der Waals surface area (Å²) in [4.78, 5) is 11.5. The predicted octanol–water partition coefficient (Wildman–Crippen LogP) is 3.92. The maximum Gasteiger partial charge on any atom is 0.412 e. The number of nitrogen functional groups attached to an aromatic ring is 1. The largest absolute Gasteiger partial charge is 0.444 e. The molecule has 6 heteroatoms. The van der Waals surface area contributed by atoms with Crippen molar-refractivity contribution in [1.82, 2.24) is 0 Å². The minimum Gasteiger partial charge on any atom is -0.444 e. The highest BCUT2D eigenvalue weighted by molar-refractivity contribution is 6.39. The molecule has 0 unspecified atom stereocenters. The Labute approximate surface area is 110 Å². The summed E-state index contributed by atoms with van der Waals surface area (Å²) in [7, 11) is 0. The highest BCUT2D eigenvalue weighted by Crippen LogP contribution is 2.31. The molecule has 0 aromatic heterocycles. The van der Waals surface area contributed by atoms with Crippen LogP contribution < -0.4 is 11.1 Å². The van der Waals surface area contributed by atoms with Crippen LogP contribution in [0.25, 0.3) is 0 Å². The van der Waals surface area contributed by atoms with Crippen LogP contribution >= 0.6 is 23.2 Å². The molecule has 0 heterocycles. The van der Waals surface area contributed by atoms with Crippen LogP contribution in [-0.2, 0) is 4.74 Å². The second-order valence-corrected chi connectivity index (χ2v) is 5.29. The van der Waals surface area contributed by atoms with Gasteiger partial charge in [-0.05, 0) is 32.9 Å². The smallest absolute Gasteiger partial charge is 0.412 e. The normalized spacial score (nSPS) is 11.1. The summed E-state index contributed by atoms with van der Waals surface area (Å²) in [6, 6.07) is 3.01. The molecule has 1 rings (SSSR count). The molecule has 1 amide bonds.